The van der Waals surface area contributed by atoms with Gasteiger partial charge in [0.25, 0.3) is 0 Å². The molecule has 0 radical (unpaired) electrons. The van der Waals surface area contributed by atoms with E-state index < -0.39 is 0 Å². The normalized spacial score (nSPS) is 14.7. The predicted molar refractivity (Wildman–Crippen MR) is 82.3 cm³/mol. The first kappa shape index (κ1) is 14.5. The monoisotopic (exact) mass is 279 g/mol. The molecule has 1 aromatic carbocycles. The summed E-state index contributed by atoms with van der Waals surface area (Å²) in [6, 6.07) is 7.60. The van der Waals surface area contributed by atoms with Crippen molar-refractivity contribution in [2.24, 2.45) is 5.92 Å². The van der Waals surface area contributed by atoms with Gasteiger partial charge in [-0.3, -0.25) is 0 Å². The highest BCUT2D eigenvalue weighted by atomic mass is 32.1. The standard InChI is InChI=1S/C16H22FNS/c1-4-5-11(2)8-14(18-3)16-9-12-6-7-13(17)10-15(12)19-16/h6-7,9-11,14,18H,4-5,8H2,1-3H3. The fraction of sp³-hybridized carbons (Fsp3) is 0.500. The minimum atomic E-state index is -0.152. The number of rotatable bonds is 6. The number of benzene rings is 1. The second kappa shape index (κ2) is 6.49. The number of fused-ring (bicyclic) bond motifs is 1. The Bertz CT molecular complexity index is 535. The van der Waals surface area contributed by atoms with Crippen molar-refractivity contribution in [2.75, 3.05) is 7.05 Å². The highest BCUT2D eigenvalue weighted by Crippen LogP contribution is 2.33. The molecule has 0 bridgehead atoms. The van der Waals surface area contributed by atoms with Gasteiger partial charge in [-0.15, -0.1) is 11.3 Å². The first-order valence-corrected chi connectivity index (χ1v) is 7.82. The van der Waals surface area contributed by atoms with Crippen molar-refractivity contribution < 1.29 is 4.39 Å². The summed E-state index contributed by atoms with van der Waals surface area (Å²) in [4.78, 5) is 1.31. The van der Waals surface area contributed by atoms with Crippen LogP contribution >= 0.6 is 11.3 Å². The molecule has 1 heterocycles. The summed E-state index contributed by atoms with van der Waals surface area (Å²) in [6.45, 7) is 4.54. The summed E-state index contributed by atoms with van der Waals surface area (Å²) >= 11 is 1.70. The quantitative estimate of drug-likeness (QED) is 0.773. The Morgan fingerprint density at radius 1 is 1.32 bits per heavy atom. The molecular formula is C16H22FNS. The molecule has 2 aromatic rings. The summed E-state index contributed by atoms with van der Waals surface area (Å²) in [6.07, 6.45) is 3.63. The van der Waals surface area contributed by atoms with Crippen LogP contribution in [0.3, 0.4) is 0 Å². The second-order valence-electron chi connectivity index (χ2n) is 5.30. The van der Waals surface area contributed by atoms with Crippen molar-refractivity contribution in [3.8, 4) is 0 Å². The summed E-state index contributed by atoms with van der Waals surface area (Å²) < 4.78 is 14.3. The minimum absolute atomic E-state index is 0.152. The van der Waals surface area contributed by atoms with Gasteiger partial charge >= 0.3 is 0 Å². The SMILES string of the molecule is CCCC(C)CC(NC)c1cc2ccc(F)cc2s1. The molecule has 0 aliphatic rings. The molecule has 0 fully saturated rings. The van der Waals surface area contributed by atoms with Gasteiger partial charge in [0.1, 0.15) is 5.82 Å². The lowest BCUT2D eigenvalue weighted by molar-refractivity contribution is 0.410. The second-order valence-corrected chi connectivity index (χ2v) is 6.42. The van der Waals surface area contributed by atoms with Crippen molar-refractivity contribution in [2.45, 2.75) is 39.2 Å². The van der Waals surface area contributed by atoms with Gasteiger partial charge in [0.05, 0.1) is 0 Å². The third-order valence-corrected chi connectivity index (χ3v) is 4.82. The van der Waals surface area contributed by atoms with Gasteiger partial charge in [-0.1, -0.05) is 32.8 Å². The molecule has 0 amide bonds. The Morgan fingerprint density at radius 2 is 2.11 bits per heavy atom. The van der Waals surface area contributed by atoms with E-state index >= 15 is 0 Å². The van der Waals surface area contributed by atoms with E-state index in [1.54, 1.807) is 17.4 Å². The Hall–Kier alpha value is -0.930. The molecule has 19 heavy (non-hydrogen) atoms. The number of thiophene rings is 1. The maximum atomic E-state index is 13.2. The van der Waals surface area contributed by atoms with Gasteiger partial charge < -0.3 is 5.32 Å². The maximum Gasteiger partial charge on any atom is 0.124 e. The van der Waals surface area contributed by atoms with Crippen LogP contribution in [0.1, 0.15) is 44.0 Å². The average Bonchev–Trinajstić information content (AvgIpc) is 2.78. The summed E-state index contributed by atoms with van der Waals surface area (Å²) in [5.74, 6) is 0.561. The maximum absolute atomic E-state index is 13.2. The third-order valence-electron chi connectivity index (χ3n) is 3.61. The van der Waals surface area contributed by atoms with Crippen LogP contribution in [0.2, 0.25) is 0 Å². The number of hydrogen-bond donors (Lipinski definition) is 1. The average molecular weight is 279 g/mol. The first-order chi connectivity index (χ1) is 9.13. The molecule has 0 aliphatic carbocycles. The Labute approximate surface area is 118 Å². The van der Waals surface area contributed by atoms with Gasteiger partial charge in [0.2, 0.25) is 0 Å². The lowest BCUT2D eigenvalue weighted by atomic mass is 9.96. The molecule has 0 saturated heterocycles. The molecule has 3 heteroatoms. The molecule has 0 spiro atoms. The molecule has 1 nitrogen and oxygen atoms in total. The van der Waals surface area contributed by atoms with Gasteiger partial charge in [0.15, 0.2) is 0 Å². The fourth-order valence-corrected chi connectivity index (χ4v) is 3.80. The fourth-order valence-electron chi connectivity index (χ4n) is 2.59. The van der Waals surface area contributed by atoms with Crippen molar-refractivity contribution >= 4 is 21.4 Å². The van der Waals surface area contributed by atoms with Gasteiger partial charge in [-0.25, -0.2) is 4.39 Å². The molecule has 1 aromatic heterocycles. The van der Waals surface area contributed by atoms with Crippen LogP contribution in [0, 0.1) is 11.7 Å². The first-order valence-electron chi connectivity index (χ1n) is 7.00. The number of hydrogen-bond acceptors (Lipinski definition) is 2. The van der Waals surface area contributed by atoms with Crippen LogP contribution in [-0.4, -0.2) is 7.05 Å². The number of halogens is 1. The Morgan fingerprint density at radius 3 is 2.79 bits per heavy atom. The van der Waals surface area contributed by atoms with Crippen LogP contribution in [0.25, 0.3) is 10.1 Å². The summed E-state index contributed by atoms with van der Waals surface area (Å²) in [5, 5.41) is 4.54. The van der Waals surface area contributed by atoms with Crippen molar-refractivity contribution in [3.63, 3.8) is 0 Å². The van der Waals surface area contributed by atoms with E-state index in [4.69, 9.17) is 0 Å². The molecule has 1 N–H and O–H groups in total. The third kappa shape index (κ3) is 3.54. The predicted octanol–water partition coefficient (Wildman–Crippen LogP) is 5.13. The lowest BCUT2D eigenvalue weighted by Crippen LogP contribution is -2.17. The van der Waals surface area contributed by atoms with Gasteiger partial charge in [-0.05, 0) is 43.0 Å². The zero-order valence-electron chi connectivity index (χ0n) is 11.9. The van der Waals surface area contributed by atoms with Gasteiger partial charge in [0, 0.05) is 15.6 Å². The highest BCUT2D eigenvalue weighted by Gasteiger charge is 2.16. The molecule has 2 unspecified atom stereocenters. The van der Waals surface area contributed by atoms with Crippen LogP contribution < -0.4 is 5.32 Å². The van der Waals surface area contributed by atoms with Crippen LogP contribution in [0.4, 0.5) is 4.39 Å². The zero-order chi connectivity index (χ0) is 13.8. The lowest BCUT2D eigenvalue weighted by Gasteiger charge is -2.19. The summed E-state index contributed by atoms with van der Waals surface area (Å²) in [7, 11) is 2.01. The largest absolute Gasteiger partial charge is 0.312 e. The van der Waals surface area contributed by atoms with Gasteiger partial charge in [-0.2, -0.15) is 0 Å². The topological polar surface area (TPSA) is 12.0 Å². The van der Waals surface area contributed by atoms with E-state index in [1.807, 2.05) is 13.1 Å². The Balaban J connectivity index is 2.20. The van der Waals surface area contributed by atoms with Crippen LogP contribution in [-0.2, 0) is 0 Å². The highest BCUT2D eigenvalue weighted by molar-refractivity contribution is 7.19. The van der Waals surface area contributed by atoms with E-state index in [9.17, 15) is 4.39 Å². The molecule has 0 saturated carbocycles. The van der Waals surface area contributed by atoms with Crippen LogP contribution in [0.5, 0.6) is 0 Å². The van der Waals surface area contributed by atoms with Crippen molar-refractivity contribution in [1.29, 1.82) is 0 Å². The van der Waals surface area contributed by atoms with E-state index in [-0.39, 0.29) is 5.82 Å². The van der Waals surface area contributed by atoms with Crippen LogP contribution in [0.15, 0.2) is 24.3 Å². The molecule has 104 valence electrons. The van der Waals surface area contributed by atoms with E-state index in [1.165, 1.54) is 23.8 Å². The van der Waals surface area contributed by atoms with E-state index in [0.29, 0.717) is 12.0 Å². The van der Waals surface area contributed by atoms with Crippen molar-refractivity contribution in [1.82, 2.24) is 5.32 Å². The smallest absolute Gasteiger partial charge is 0.124 e. The minimum Gasteiger partial charge on any atom is -0.312 e. The van der Waals surface area contributed by atoms with Crippen molar-refractivity contribution in [3.05, 3.63) is 35.0 Å². The molecule has 2 rings (SSSR count). The van der Waals surface area contributed by atoms with E-state index in [0.717, 1.165) is 16.5 Å². The van der Waals surface area contributed by atoms with E-state index in [2.05, 4.69) is 25.2 Å². The number of nitrogens with one attached hydrogen (secondary N) is 1. The summed E-state index contributed by atoms with van der Waals surface area (Å²) in [5.41, 5.74) is 0. The molecule has 0 aliphatic heterocycles. The molecule has 2 atom stereocenters. The zero-order valence-corrected chi connectivity index (χ0v) is 12.7. The molecular weight excluding hydrogens is 257 g/mol. The Kier molecular flexibility index (Phi) is 4.94.